The fourth-order valence-electron chi connectivity index (χ4n) is 6.31. The summed E-state index contributed by atoms with van der Waals surface area (Å²) >= 11 is 3.04. The van der Waals surface area contributed by atoms with Gasteiger partial charge in [-0.2, -0.15) is 0 Å². The van der Waals surface area contributed by atoms with Gasteiger partial charge in [-0.05, 0) is 83.5 Å². The lowest BCUT2D eigenvalue weighted by Crippen LogP contribution is -2.22. The van der Waals surface area contributed by atoms with Crippen molar-refractivity contribution in [2.45, 2.75) is 104 Å². The number of benzene rings is 5. The maximum Gasteiger partial charge on any atom is 0.195 e. The Morgan fingerprint density at radius 1 is 0.560 bits per heavy atom. The van der Waals surface area contributed by atoms with Crippen molar-refractivity contribution in [1.29, 1.82) is 0 Å². The van der Waals surface area contributed by atoms with E-state index in [2.05, 4.69) is 76.2 Å². The van der Waals surface area contributed by atoms with Crippen LogP contribution in [0, 0.1) is 0 Å². The van der Waals surface area contributed by atoms with Gasteiger partial charge in [-0.25, -0.2) is 0 Å². The minimum absolute atomic E-state index is 0.0980. The lowest BCUT2D eigenvalue weighted by molar-refractivity contribution is 0.0974. The van der Waals surface area contributed by atoms with Crippen LogP contribution in [0.2, 0.25) is 0 Å². The smallest absolute Gasteiger partial charge is 0.195 e. The van der Waals surface area contributed by atoms with E-state index in [1.807, 2.05) is 48.5 Å². The predicted octanol–water partition coefficient (Wildman–Crippen LogP) is 12.5. The molecule has 5 aromatic rings. The molecule has 0 saturated carbocycles. The summed E-state index contributed by atoms with van der Waals surface area (Å²) in [6.07, 6.45) is 8.83. The monoisotopic (exact) mass is 698 g/mol. The fourth-order valence-corrected chi connectivity index (χ4v) is 8.26. The molecule has 0 N–H and O–H groups in total. The third-order valence-corrected chi connectivity index (χ3v) is 11.4. The maximum atomic E-state index is 14.1. The van der Waals surface area contributed by atoms with Crippen molar-refractivity contribution in [2.75, 3.05) is 0 Å². The van der Waals surface area contributed by atoms with Crippen molar-refractivity contribution in [1.82, 2.24) is 0 Å². The average Bonchev–Trinajstić information content (AvgIpc) is 3.12. The molecule has 0 amide bonds. The Bertz CT molecular complexity index is 1940. The molecule has 1 aliphatic rings. The van der Waals surface area contributed by atoms with Crippen LogP contribution in [0.1, 0.15) is 115 Å². The second kappa shape index (κ2) is 16.3. The van der Waals surface area contributed by atoms with Gasteiger partial charge in [-0.3, -0.25) is 9.59 Å². The zero-order chi connectivity index (χ0) is 35.1. The number of fused-ring (bicyclic) bond motifs is 2. The lowest BCUT2D eigenvalue weighted by Gasteiger charge is -2.22. The van der Waals surface area contributed by atoms with Gasteiger partial charge in [0.15, 0.2) is 11.6 Å². The molecule has 1 aliphatic carbocycles. The van der Waals surface area contributed by atoms with Crippen LogP contribution in [-0.4, -0.2) is 11.6 Å². The molecule has 0 saturated heterocycles. The zero-order valence-electron chi connectivity index (χ0n) is 29.6. The van der Waals surface area contributed by atoms with Gasteiger partial charge in [0.2, 0.25) is 0 Å². The third kappa shape index (κ3) is 8.62. The van der Waals surface area contributed by atoms with E-state index in [0.29, 0.717) is 28.9 Å². The topological polar surface area (TPSA) is 43.4 Å². The Morgan fingerprint density at radius 3 is 1.60 bits per heavy atom. The van der Waals surface area contributed by atoms with E-state index in [1.54, 1.807) is 23.9 Å². The number of hydrogen-bond donors (Lipinski definition) is 0. The van der Waals surface area contributed by atoms with Crippen molar-refractivity contribution in [3.8, 4) is 5.75 Å². The van der Waals surface area contributed by atoms with Gasteiger partial charge in [0.1, 0.15) is 12.4 Å². The minimum Gasteiger partial charge on any atom is -0.489 e. The van der Waals surface area contributed by atoms with Crippen molar-refractivity contribution in [2.24, 2.45) is 0 Å². The number of ether oxygens (including phenoxy) is 1. The first-order chi connectivity index (χ1) is 24.2. The quantitative estimate of drug-likeness (QED) is 0.106. The summed E-state index contributed by atoms with van der Waals surface area (Å²) in [7, 11) is 0. The molecule has 0 atom stereocenters. The third-order valence-electron chi connectivity index (χ3n) is 9.24. The normalized spacial score (nSPS) is 12.5. The number of rotatable bonds is 14. The number of unbranched alkanes of at least 4 members (excludes halogenated alkanes) is 5. The standard InChI is InChI=1S/C45H46O3S2/c1-5-6-7-8-9-10-13-31-20-26-35(27-21-31)49-39-16-11-14-37-41(39)43(46)38-15-12-17-40(42(38)44(37)47)50-36-28-24-34(25-29-36)48-30-32-18-22-33(23-19-32)45(2,3)4/h11-12,14-29H,5-10,13,30H2,1-4H3. The van der Waals surface area contributed by atoms with Gasteiger partial charge in [0.25, 0.3) is 0 Å². The van der Waals surface area contributed by atoms with E-state index < -0.39 is 0 Å². The van der Waals surface area contributed by atoms with Crippen LogP contribution in [0.4, 0.5) is 0 Å². The molecule has 0 aliphatic heterocycles. The zero-order valence-corrected chi connectivity index (χ0v) is 31.2. The van der Waals surface area contributed by atoms with Crippen molar-refractivity contribution >= 4 is 35.1 Å². The van der Waals surface area contributed by atoms with Crippen LogP contribution < -0.4 is 4.74 Å². The first-order valence-corrected chi connectivity index (χ1v) is 19.5. The maximum absolute atomic E-state index is 14.1. The van der Waals surface area contributed by atoms with E-state index in [0.717, 1.165) is 37.3 Å². The van der Waals surface area contributed by atoms with Gasteiger partial charge in [0.05, 0.1) is 0 Å². The van der Waals surface area contributed by atoms with Crippen molar-refractivity contribution in [3.63, 3.8) is 0 Å². The van der Waals surface area contributed by atoms with E-state index >= 15 is 0 Å². The Hall–Kier alpha value is -4.06. The SMILES string of the molecule is CCCCCCCCc1ccc(Sc2cccc3c2C(=O)c2cccc(Sc4ccc(OCc5ccc(C(C)(C)C)cc5)cc4)c2C3=O)cc1. The van der Waals surface area contributed by atoms with E-state index in [4.69, 9.17) is 4.74 Å². The number of hydrogen-bond acceptors (Lipinski definition) is 5. The molecule has 0 unspecified atom stereocenters. The number of aryl methyl sites for hydroxylation is 1. The van der Waals surface area contributed by atoms with Gasteiger partial charge in [-0.15, -0.1) is 0 Å². The first kappa shape index (κ1) is 35.8. The Balaban J connectivity index is 1.11. The highest BCUT2D eigenvalue weighted by molar-refractivity contribution is 7.99. The van der Waals surface area contributed by atoms with Gasteiger partial charge in [0, 0.05) is 41.8 Å². The summed E-state index contributed by atoms with van der Waals surface area (Å²) < 4.78 is 6.06. The van der Waals surface area contributed by atoms with Crippen LogP contribution in [0.5, 0.6) is 5.75 Å². The lowest BCUT2D eigenvalue weighted by atomic mass is 9.84. The molecule has 0 heterocycles. The second-order valence-electron chi connectivity index (χ2n) is 14.1. The molecule has 256 valence electrons. The summed E-state index contributed by atoms with van der Waals surface area (Å²) in [6.45, 7) is 9.37. The number of carbonyl (C=O) groups excluding carboxylic acids is 2. The Morgan fingerprint density at radius 2 is 1.06 bits per heavy atom. The Labute approximate surface area is 306 Å². The van der Waals surface area contributed by atoms with Crippen LogP contribution in [-0.2, 0) is 18.4 Å². The highest BCUT2D eigenvalue weighted by atomic mass is 32.2. The van der Waals surface area contributed by atoms with Crippen LogP contribution >= 0.6 is 23.5 Å². The molecule has 0 spiro atoms. The van der Waals surface area contributed by atoms with Gasteiger partial charge >= 0.3 is 0 Å². The Kier molecular flexibility index (Phi) is 11.7. The van der Waals surface area contributed by atoms with E-state index in [-0.39, 0.29) is 17.0 Å². The summed E-state index contributed by atoms with van der Waals surface area (Å²) in [5.41, 5.74) is 5.80. The first-order valence-electron chi connectivity index (χ1n) is 17.8. The molecule has 3 nitrogen and oxygen atoms in total. The van der Waals surface area contributed by atoms with Gasteiger partial charge < -0.3 is 4.74 Å². The van der Waals surface area contributed by atoms with Crippen LogP contribution in [0.3, 0.4) is 0 Å². The molecule has 5 aromatic carbocycles. The molecule has 50 heavy (non-hydrogen) atoms. The van der Waals surface area contributed by atoms with Crippen molar-refractivity contribution in [3.05, 3.63) is 148 Å². The summed E-state index contributed by atoms with van der Waals surface area (Å²) in [4.78, 5) is 31.7. The average molecular weight is 699 g/mol. The molecule has 0 bridgehead atoms. The molecule has 6 rings (SSSR count). The fraction of sp³-hybridized carbons (Fsp3) is 0.289. The number of carbonyl (C=O) groups is 2. The van der Waals surface area contributed by atoms with Crippen LogP contribution in [0.25, 0.3) is 0 Å². The molecular weight excluding hydrogens is 653 g/mol. The summed E-state index contributed by atoms with van der Waals surface area (Å²) in [5, 5.41) is 0. The minimum atomic E-state index is -0.105. The molecule has 5 heteroatoms. The van der Waals surface area contributed by atoms with E-state index in [9.17, 15) is 9.59 Å². The van der Waals surface area contributed by atoms with Crippen LogP contribution in [0.15, 0.2) is 129 Å². The predicted molar refractivity (Wildman–Crippen MR) is 207 cm³/mol. The van der Waals surface area contributed by atoms with E-state index in [1.165, 1.54) is 61.4 Å². The largest absolute Gasteiger partial charge is 0.489 e. The second-order valence-corrected chi connectivity index (χ2v) is 16.3. The summed E-state index contributed by atoms with van der Waals surface area (Å²) in [6, 6.07) is 36.3. The molecular formula is C45H46O3S2. The van der Waals surface area contributed by atoms with Crippen molar-refractivity contribution < 1.29 is 14.3 Å². The highest BCUT2D eigenvalue weighted by Gasteiger charge is 2.33. The number of ketones is 2. The molecule has 0 radical (unpaired) electrons. The summed E-state index contributed by atoms with van der Waals surface area (Å²) in [5.74, 6) is 0.577. The molecule has 0 fully saturated rings. The van der Waals surface area contributed by atoms with Gasteiger partial charge in [-0.1, -0.05) is 144 Å². The molecule has 0 aromatic heterocycles. The highest BCUT2D eigenvalue weighted by Crippen LogP contribution is 2.41.